The summed E-state index contributed by atoms with van der Waals surface area (Å²) in [6.45, 7) is 0. The zero-order valence-electron chi connectivity index (χ0n) is 10.9. The molecule has 0 bridgehead atoms. The number of methoxy groups -OCH3 is 1. The van der Waals surface area contributed by atoms with Gasteiger partial charge in [0, 0.05) is 5.02 Å². The number of aliphatic hydroxyl groups is 1. The predicted octanol–water partition coefficient (Wildman–Crippen LogP) is 3.83. The van der Waals surface area contributed by atoms with Crippen LogP contribution in [0.3, 0.4) is 0 Å². The third-order valence-corrected chi connectivity index (χ3v) is 3.99. The van der Waals surface area contributed by atoms with E-state index in [1.165, 1.54) is 12.8 Å². The van der Waals surface area contributed by atoms with Crippen LogP contribution in [0.25, 0.3) is 0 Å². The molecule has 3 heteroatoms. The maximum atomic E-state index is 9.86. The van der Waals surface area contributed by atoms with Crippen molar-refractivity contribution in [1.82, 2.24) is 0 Å². The topological polar surface area (TPSA) is 29.5 Å². The average Bonchev–Trinajstić information content (AvgIpc) is 2.54. The first-order valence-electron chi connectivity index (χ1n) is 6.69. The van der Waals surface area contributed by atoms with Crippen molar-refractivity contribution >= 4 is 11.6 Å². The van der Waals surface area contributed by atoms with E-state index in [1.807, 2.05) is 18.2 Å². The van der Waals surface area contributed by atoms with Crippen molar-refractivity contribution in [2.75, 3.05) is 7.11 Å². The van der Waals surface area contributed by atoms with Gasteiger partial charge in [0.05, 0.1) is 13.2 Å². The Morgan fingerprint density at radius 1 is 1.33 bits per heavy atom. The Kier molecular flexibility index (Phi) is 4.90. The molecule has 1 aliphatic rings. The average molecular weight is 269 g/mol. The monoisotopic (exact) mass is 268 g/mol. The van der Waals surface area contributed by atoms with Crippen LogP contribution in [-0.2, 0) is 6.42 Å². The van der Waals surface area contributed by atoms with Crippen LogP contribution in [-0.4, -0.2) is 18.3 Å². The summed E-state index contributed by atoms with van der Waals surface area (Å²) in [4.78, 5) is 0. The van der Waals surface area contributed by atoms with Gasteiger partial charge in [0.2, 0.25) is 0 Å². The van der Waals surface area contributed by atoms with Crippen molar-refractivity contribution in [2.24, 2.45) is 5.92 Å². The summed E-state index contributed by atoms with van der Waals surface area (Å²) in [6.07, 6.45) is 6.20. The molecule has 2 atom stereocenters. The molecule has 1 fully saturated rings. The van der Waals surface area contributed by atoms with E-state index in [1.54, 1.807) is 7.11 Å². The van der Waals surface area contributed by atoms with E-state index in [9.17, 15) is 5.11 Å². The van der Waals surface area contributed by atoms with Gasteiger partial charge in [-0.05, 0) is 48.9 Å². The number of halogens is 1. The minimum absolute atomic E-state index is 0.136. The molecule has 0 saturated heterocycles. The first-order chi connectivity index (χ1) is 8.69. The Labute approximate surface area is 114 Å². The maximum Gasteiger partial charge on any atom is 0.122 e. The van der Waals surface area contributed by atoms with Crippen molar-refractivity contribution in [3.05, 3.63) is 28.8 Å². The molecule has 2 nitrogen and oxygen atoms in total. The summed E-state index contributed by atoms with van der Waals surface area (Å²) in [5.74, 6) is 1.44. The number of aliphatic hydroxyl groups excluding tert-OH is 1. The second-order valence-electron chi connectivity index (χ2n) is 5.20. The normalized spacial score (nSPS) is 24.6. The van der Waals surface area contributed by atoms with E-state index in [0.717, 1.165) is 42.0 Å². The highest BCUT2D eigenvalue weighted by Crippen LogP contribution is 2.31. The first-order valence-corrected chi connectivity index (χ1v) is 7.07. The molecular formula is C15H21ClO2. The van der Waals surface area contributed by atoms with Crippen LogP contribution in [0.1, 0.15) is 37.7 Å². The first kappa shape index (κ1) is 13.7. The molecule has 0 aromatic heterocycles. The lowest BCUT2D eigenvalue weighted by atomic mass is 9.91. The van der Waals surface area contributed by atoms with Crippen LogP contribution in [0.15, 0.2) is 18.2 Å². The van der Waals surface area contributed by atoms with Gasteiger partial charge in [0.15, 0.2) is 0 Å². The van der Waals surface area contributed by atoms with Crippen molar-refractivity contribution in [1.29, 1.82) is 0 Å². The molecule has 0 spiro atoms. The minimum atomic E-state index is -0.136. The number of hydrogen-bond donors (Lipinski definition) is 1. The second-order valence-corrected chi connectivity index (χ2v) is 5.64. The molecule has 1 aliphatic carbocycles. The molecule has 1 saturated carbocycles. The Balaban J connectivity index is 2.09. The summed E-state index contributed by atoms with van der Waals surface area (Å²) in [5, 5.41) is 10.6. The standard InChI is InChI=1S/C15H21ClO2/c1-18-15-7-6-13(16)10-12(15)8-11-4-2-3-5-14(17)9-11/h6-7,10-11,14,17H,2-5,8-9H2,1H3. The zero-order chi connectivity index (χ0) is 13.0. The molecule has 0 heterocycles. The van der Waals surface area contributed by atoms with Gasteiger partial charge in [0.25, 0.3) is 0 Å². The minimum Gasteiger partial charge on any atom is -0.496 e. The third kappa shape index (κ3) is 3.63. The Morgan fingerprint density at radius 2 is 2.11 bits per heavy atom. The SMILES string of the molecule is COc1ccc(Cl)cc1CC1CCCCC(O)C1. The highest BCUT2D eigenvalue weighted by molar-refractivity contribution is 6.30. The molecule has 1 aromatic rings. The fourth-order valence-corrected chi connectivity index (χ4v) is 3.03. The lowest BCUT2D eigenvalue weighted by Gasteiger charge is -2.18. The highest BCUT2D eigenvalue weighted by Gasteiger charge is 2.20. The number of benzene rings is 1. The van der Waals surface area contributed by atoms with E-state index in [0.29, 0.717) is 5.92 Å². The summed E-state index contributed by atoms with van der Waals surface area (Å²) in [6, 6.07) is 5.76. The molecule has 1 aromatic carbocycles. The summed E-state index contributed by atoms with van der Waals surface area (Å²) < 4.78 is 5.38. The van der Waals surface area contributed by atoms with Gasteiger partial charge in [0.1, 0.15) is 5.75 Å². The summed E-state index contributed by atoms with van der Waals surface area (Å²) >= 11 is 6.05. The van der Waals surface area contributed by atoms with Crippen molar-refractivity contribution in [2.45, 2.75) is 44.6 Å². The highest BCUT2D eigenvalue weighted by atomic mass is 35.5. The van der Waals surface area contributed by atoms with Crippen molar-refractivity contribution < 1.29 is 9.84 Å². The van der Waals surface area contributed by atoms with E-state index in [-0.39, 0.29) is 6.10 Å². The van der Waals surface area contributed by atoms with Gasteiger partial charge in [-0.3, -0.25) is 0 Å². The fraction of sp³-hybridized carbons (Fsp3) is 0.600. The molecule has 0 radical (unpaired) electrons. The van der Waals surface area contributed by atoms with Crippen LogP contribution in [0.5, 0.6) is 5.75 Å². The summed E-state index contributed by atoms with van der Waals surface area (Å²) in [5.41, 5.74) is 1.16. The van der Waals surface area contributed by atoms with Gasteiger partial charge in [-0.25, -0.2) is 0 Å². The smallest absolute Gasteiger partial charge is 0.122 e. The van der Waals surface area contributed by atoms with E-state index < -0.39 is 0 Å². The lowest BCUT2D eigenvalue weighted by Crippen LogP contribution is -2.13. The van der Waals surface area contributed by atoms with Gasteiger partial charge in [-0.15, -0.1) is 0 Å². The van der Waals surface area contributed by atoms with Gasteiger partial charge >= 0.3 is 0 Å². The molecule has 0 amide bonds. The van der Waals surface area contributed by atoms with Gasteiger partial charge in [-0.2, -0.15) is 0 Å². The lowest BCUT2D eigenvalue weighted by molar-refractivity contribution is 0.141. The van der Waals surface area contributed by atoms with Gasteiger partial charge in [-0.1, -0.05) is 30.9 Å². The Morgan fingerprint density at radius 3 is 2.89 bits per heavy atom. The molecule has 2 unspecified atom stereocenters. The van der Waals surface area contributed by atoms with Crippen LogP contribution in [0.2, 0.25) is 5.02 Å². The fourth-order valence-electron chi connectivity index (χ4n) is 2.84. The number of rotatable bonds is 3. The molecule has 1 N–H and O–H groups in total. The molecule has 0 aliphatic heterocycles. The number of hydrogen-bond acceptors (Lipinski definition) is 2. The van der Waals surface area contributed by atoms with Crippen LogP contribution in [0, 0.1) is 5.92 Å². The molecule has 18 heavy (non-hydrogen) atoms. The second kappa shape index (κ2) is 6.44. The van der Waals surface area contributed by atoms with Crippen LogP contribution < -0.4 is 4.74 Å². The van der Waals surface area contributed by atoms with E-state index >= 15 is 0 Å². The van der Waals surface area contributed by atoms with E-state index in [2.05, 4.69) is 0 Å². The van der Waals surface area contributed by atoms with Crippen LogP contribution >= 0.6 is 11.6 Å². The van der Waals surface area contributed by atoms with E-state index in [4.69, 9.17) is 16.3 Å². The third-order valence-electron chi connectivity index (χ3n) is 3.76. The zero-order valence-corrected chi connectivity index (χ0v) is 11.6. The number of ether oxygens (including phenoxy) is 1. The van der Waals surface area contributed by atoms with Crippen molar-refractivity contribution in [3.8, 4) is 5.75 Å². The summed E-state index contributed by atoms with van der Waals surface area (Å²) in [7, 11) is 1.69. The quantitative estimate of drug-likeness (QED) is 0.844. The molecule has 100 valence electrons. The van der Waals surface area contributed by atoms with Gasteiger partial charge < -0.3 is 9.84 Å². The Bertz CT molecular complexity index is 392. The molecular weight excluding hydrogens is 248 g/mol. The van der Waals surface area contributed by atoms with Crippen molar-refractivity contribution in [3.63, 3.8) is 0 Å². The Hall–Kier alpha value is -0.730. The molecule has 2 rings (SSSR count). The van der Waals surface area contributed by atoms with Crippen LogP contribution in [0.4, 0.5) is 0 Å². The maximum absolute atomic E-state index is 9.86. The largest absolute Gasteiger partial charge is 0.496 e. The predicted molar refractivity (Wildman–Crippen MR) is 74.3 cm³/mol.